The Morgan fingerprint density at radius 3 is 2.50 bits per heavy atom. The van der Waals surface area contributed by atoms with Crippen LogP contribution >= 0.6 is 0 Å². The quantitative estimate of drug-likeness (QED) is 0.316. The predicted molar refractivity (Wildman–Crippen MR) is 68.4 cm³/mol. The highest BCUT2D eigenvalue weighted by molar-refractivity contribution is 5.69. The summed E-state index contributed by atoms with van der Waals surface area (Å²) in [5.41, 5.74) is 0. The predicted octanol–water partition coefficient (Wildman–Crippen LogP) is 4.25. The monoisotopic (exact) mass is 226 g/mol. The molecule has 2 heteroatoms. The largest absolute Gasteiger partial charge is 0.465 e. The minimum absolute atomic E-state index is 0.0404. The van der Waals surface area contributed by atoms with Crippen molar-refractivity contribution in [3.63, 3.8) is 0 Å². The van der Waals surface area contributed by atoms with E-state index in [4.69, 9.17) is 4.74 Å². The molecule has 0 atom stereocenters. The number of ether oxygens (including phenoxy) is 1. The topological polar surface area (TPSA) is 26.3 Å². The van der Waals surface area contributed by atoms with Crippen molar-refractivity contribution in [3.05, 3.63) is 12.2 Å². The van der Waals surface area contributed by atoms with Crippen molar-refractivity contribution in [2.45, 2.75) is 65.2 Å². The van der Waals surface area contributed by atoms with Gasteiger partial charge in [-0.1, -0.05) is 51.7 Å². The zero-order valence-corrected chi connectivity index (χ0v) is 10.8. The Morgan fingerprint density at radius 2 is 1.81 bits per heavy atom. The lowest BCUT2D eigenvalue weighted by molar-refractivity contribution is -0.143. The van der Waals surface area contributed by atoms with E-state index in [1.807, 2.05) is 0 Å². The van der Waals surface area contributed by atoms with Crippen LogP contribution in [0.3, 0.4) is 0 Å². The molecule has 0 fully saturated rings. The minimum atomic E-state index is -0.0404. The molecule has 0 rings (SSSR count). The van der Waals surface area contributed by atoms with Gasteiger partial charge >= 0.3 is 5.97 Å². The van der Waals surface area contributed by atoms with Gasteiger partial charge in [0.05, 0.1) is 6.61 Å². The van der Waals surface area contributed by atoms with Gasteiger partial charge in [-0.05, 0) is 19.3 Å². The van der Waals surface area contributed by atoms with Crippen LogP contribution < -0.4 is 0 Å². The number of rotatable bonds is 10. The van der Waals surface area contributed by atoms with E-state index >= 15 is 0 Å². The molecule has 0 N–H and O–H groups in total. The van der Waals surface area contributed by atoms with Crippen molar-refractivity contribution in [3.8, 4) is 0 Å². The van der Waals surface area contributed by atoms with E-state index in [0.29, 0.717) is 13.0 Å². The summed E-state index contributed by atoms with van der Waals surface area (Å²) in [4.78, 5) is 11.3. The normalized spacial score (nSPS) is 10.9. The van der Waals surface area contributed by atoms with Crippen molar-refractivity contribution in [1.82, 2.24) is 0 Å². The first-order valence-electron chi connectivity index (χ1n) is 6.61. The molecular formula is C14H26O2. The molecule has 0 radical (unpaired) electrons. The molecule has 0 aromatic carbocycles. The fourth-order valence-corrected chi connectivity index (χ4v) is 1.47. The average molecular weight is 226 g/mol. The van der Waals surface area contributed by atoms with E-state index < -0.39 is 0 Å². The Kier molecular flexibility index (Phi) is 11.7. The van der Waals surface area contributed by atoms with Gasteiger partial charge < -0.3 is 4.74 Å². The van der Waals surface area contributed by atoms with Crippen LogP contribution in [0.5, 0.6) is 0 Å². The molecule has 94 valence electrons. The van der Waals surface area contributed by atoms with Crippen LogP contribution in [0.15, 0.2) is 12.2 Å². The summed E-state index contributed by atoms with van der Waals surface area (Å²) in [6, 6.07) is 0. The summed E-state index contributed by atoms with van der Waals surface area (Å²) in [5.74, 6) is -0.0404. The Hall–Kier alpha value is -0.790. The van der Waals surface area contributed by atoms with Crippen LogP contribution in [-0.4, -0.2) is 12.6 Å². The third-order valence-electron chi connectivity index (χ3n) is 2.43. The second-order valence-electron chi connectivity index (χ2n) is 4.05. The summed E-state index contributed by atoms with van der Waals surface area (Å²) in [5, 5.41) is 0. The zero-order valence-electron chi connectivity index (χ0n) is 10.8. The molecule has 0 saturated carbocycles. The zero-order chi connectivity index (χ0) is 12.1. The lowest BCUT2D eigenvalue weighted by atomic mass is 10.1. The summed E-state index contributed by atoms with van der Waals surface area (Å²) < 4.78 is 5.10. The summed E-state index contributed by atoms with van der Waals surface area (Å²) in [6.07, 6.45) is 12.5. The van der Waals surface area contributed by atoms with E-state index in [2.05, 4.69) is 26.0 Å². The van der Waals surface area contributed by atoms with Crippen LogP contribution in [0.1, 0.15) is 65.2 Å². The van der Waals surface area contributed by atoms with E-state index in [0.717, 1.165) is 25.7 Å². The molecule has 0 aliphatic rings. The van der Waals surface area contributed by atoms with Gasteiger partial charge in [-0.15, -0.1) is 0 Å². The summed E-state index contributed by atoms with van der Waals surface area (Å²) >= 11 is 0. The second kappa shape index (κ2) is 12.3. The van der Waals surface area contributed by atoms with Crippen LogP contribution in [0.25, 0.3) is 0 Å². The first-order valence-corrected chi connectivity index (χ1v) is 6.61. The van der Waals surface area contributed by atoms with Gasteiger partial charge in [-0.3, -0.25) is 4.79 Å². The molecule has 0 unspecified atom stereocenters. The van der Waals surface area contributed by atoms with Crippen molar-refractivity contribution < 1.29 is 9.53 Å². The third kappa shape index (κ3) is 11.3. The highest BCUT2D eigenvalue weighted by atomic mass is 16.5. The van der Waals surface area contributed by atoms with E-state index in [9.17, 15) is 4.79 Å². The highest BCUT2D eigenvalue weighted by Crippen LogP contribution is 2.05. The number of hydrogen-bond donors (Lipinski definition) is 0. The fourth-order valence-electron chi connectivity index (χ4n) is 1.47. The van der Waals surface area contributed by atoms with Gasteiger partial charge in [0, 0.05) is 6.42 Å². The van der Waals surface area contributed by atoms with Crippen molar-refractivity contribution in [2.75, 3.05) is 6.61 Å². The van der Waals surface area contributed by atoms with Crippen molar-refractivity contribution in [1.29, 1.82) is 0 Å². The molecule has 0 heterocycles. The maximum absolute atomic E-state index is 11.3. The molecule has 0 spiro atoms. The second-order valence-corrected chi connectivity index (χ2v) is 4.05. The standard InChI is InChI=1S/C14H26O2/c1-3-5-7-9-10-12-14(15)16-13-11-8-6-4-2/h6,8H,3-5,7,9-13H2,1-2H3/b8-6+. The maximum Gasteiger partial charge on any atom is 0.305 e. The number of unbranched alkanes of at least 4 members (excludes halogenated alkanes) is 4. The molecule has 0 aromatic heterocycles. The molecular weight excluding hydrogens is 200 g/mol. The van der Waals surface area contributed by atoms with Gasteiger partial charge in [-0.2, -0.15) is 0 Å². The molecule has 0 amide bonds. The molecule has 0 aliphatic heterocycles. The number of carbonyl (C=O) groups is 1. The van der Waals surface area contributed by atoms with Gasteiger partial charge in [0.15, 0.2) is 0 Å². The first-order chi connectivity index (χ1) is 7.81. The van der Waals surface area contributed by atoms with Crippen LogP contribution in [0.2, 0.25) is 0 Å². The molecule has 0 aliphatic carbocycles. The molecule has 0 bridgehead atoms. The molecule has 0 saturated heterocycles. The highest BCUT2D eigenvalue weighted by Gasteiger charge is 2.01. The molecule has 2 nitrogen and oxygen atoms in total. The minimum Gasteiger partial charge on any atom is -0.465 e. The smallest absolute Gasteiger partial charge is 0.305 e. The Morgan fingerprint density at radius 1 is 1.06 bits per heavy atom. The maximum atomic E-state index is 11.3. The Balaban J connectivity index is 3.21. The number of allylic oxidation sites excluding steroid dienone is 1. The SMILES string of the molecule is CC/C=C/CCOC(=O)CCCCCCC. The average Bonchev–Trinajstić information content (AvgIpc) is 2.28. The third-order valence-corrected chi connectivity index (χ3v) is 2.43. The Bertz CT molecular complexity index is 185. The van der Waals surface area contributed by atoms with Gasteiger partial charge in [0.25, 0.3) is 0 Å². The van der Waals surface area contributed by atoms with Gasteiger partial charge in [0.2, 0.25) is 0 Å². The number of carbonyl (C=O) groups excluding carboxylic acids is 1. The van der Waals surface area contributed by atoms with E-state index in [1.54, 1.807) is 0 Å². The van der Waals surface area contributed by atoms with Crippen molar-refractivity contribution >= 4 is 5.97 Å². The molecule has 16 heavy (non-hydrogen) atoms. The first kappa shape index (κ1) is 15.2. The number of hydrogen-bond acceptors (Lipinski definition) is 2. The van der Waals surface area contributed by atoms with Crippen LogP contribution in [0, 0.1) is 0 Å². The van der Waals surface area contributed by atoms with E-state index in [1.165, 1.54) is 19.3 Å². The Labute approximate surface area is 100 Å². The lowest BCUT2D eigenvalue weighted by Crippen LogP contribution is -2.04. The van der Waals surface area contributed by atoms with Crippen LogP contribution in [0.4, 0.5) is 0 Å². The summed E-state index contributed by atoms with van der Waals surface area (Å²) in [7, 11) is 0. The van der Waals surface area contributed by atoms with Crippen molar-refractivity contribution in [2.24, 2.45) is 0 Å². The summed E-state index contributed by atoms with van der Waals surface area (Å²) in [6.45, 7) is 4.82. The molecule has 0 aromatic rings. The van der Waals surface area contributed by atoms with E-state index in [-0.39, 0.29) is 5.97 Å². The van der Waals surface area contributed by atoms with Gasteiger partial charge in [-0.25, -0.2) is 0 Å². The van der Waals surface area contributed by atoms with Crippen LogP contribution in [-0.2, 0) is 9.53 Å². The number of esters is 1. The fraction of sp³-hybridized carbons (Fsp3) is 0.786. The van der Waals surface area contributed by atoms with Gasteiger partial charge in [0.1, 0.15) is 0 Å². The lowest BCUT2D eigenvalue weighted by Gasteiger charge is -2.02.